The first-order valence-corrected chi connectivity index (χ1v) is 7.30. The van der Waals surface area contributed by atoms with Crippen LogP contribution in [-0.4, -0.2) is 16.0 Å². The topological polar surface area (TPSA) is 62.2 Å². The maximum Gasteiger partial charge on any atom is 0.260 e. The van der Waals surface area contributed by atoms with Crippen molar-refractivity contribution in [1.82, 2.24) is 4.98 Å². The molecule has 2 aromatic carbocycles. The molecule has 0 atom stereocenters. The van der Waals surface area contributed by atoms with Gasteiger partial charge in [-0.25, -0.2) is 4.98 Å². The highest BCUT2D eigenvalue weighted by atomic mass is 16.3. The molecule has 0 saturated carbocycles. The van der Waals surface area contributed by atoms with Gasteiger partial charge in [-0.2, -0.15) is 0 Å². The van der Waals surface area contributed by atoms with E-state index in [-0.39, 0.29) is 17.2 Å². The smallest absolute Gasteiger partial charge is 0.260 e. The van der Waals surface area contributed by atoms with Crippen LogP contribution in [-0.2, 0) is 6.42 Å². The zero-order valence-corrected chi connectivity index (χ0v) is 12.4. The number of nitrogens with zero attached hydrogens (tertiary/aromatic N) is 1. The zero-order chi connectivity index (χ0) is 16.1. The van der Waals surface area contributed by atoms with Crippen LogP contribution in [0, 0.1) is 0 Å². The van der Waals surface area contributed by atoms with Crippen molar-refractivity contribution < 1.29 is 9.90 Å². The summed E-state index contributed by atoms with van der Waals surface area (Å²) in [6.45, 7) is 0. The Bertz CT molecular complexity index is 802. The van der Waals surface area contributed by atoms with Crippen molar-refractivity contribution in [2.75, 3.05) is 5.32 Å². The molecule has 3 aromatic rings. The van der Waals surface area contributed by atoms with E-state index >= 15 is 0 Å². The molecule has 0 fully saturated rings. The second-order valence-electron chi connectivity index (χ2n) is 5.18. The monoisotopic (exact) mass is 304 g/mol. The average Bonchev–Trinajstić information content (AvgIpc) is 2.58. The van der Waals surface area contributed by atoms with Crippen LogP contribution >= 0.6 is 0 Å². The molecule has 0 spiro atoms. The van der Waals surface area contributed by atoms with E-state index in [0.29, 0.717) is 12.2 Å². The number of nitrogens with one attached hydrogen (secondary N) is 1. The summed E-state index contributed by atoms with van der Waals surface area (Å²) in [5.74, 6) is 0.0247. The van der Waals surface area contributed by atoms with Gasteiger partial charge < -0.3 is 10.4 Å². The van der Waals surface area contributed by atoms with Gasteiger partial charge in [-0.3, -0.25) is 4.79 Å². The third kappa shape index (κ3) is 3.74. The molecule has 0 saturated heterocycles. The lowest BCUT2D eigenvalue weighted by Gasteiger charge is -2.09. The number of carbonyl (C=O) groups is 1. The summed E-state index contributed by atoms with van der Waals surface area (Å²) < 4.78 is 0. The van der Waals surface area contributed by atoms with Crippen molar-refractivity contribution >= 4 is 11.7 Å². The SMILES string of the molecule is O=C(Nc1ccccn1)c1cc(Cc2ccccc2)ccc1O. The first-order chi connectivity index (χ1) is 11.2. The van der Waals surface area contributed by atoms with E-state index in [1.807, 2.05) is 36.4 Å². The van der Waals surface area contributed by atoms with Crippen LogP contribution in [0.2, 0.25) is 0 Å². The van der Waals surface area contributed by atoms with Gasteiger partial charge in [-0.05, 0) is 41.8 Å². The summed E-state index contributed by atoms with van der Waals surface area (Å²) in [6.07, 6.45) is 2.30. The highest BCUT2D eigenvalue weighted by molar-refractivity contribution is 6.05. The molecule has 1 amide bonds. The number of benzene rings is 2. The molecule has 114 valence electrons. The second kappa shape index (κ2) is 6.75. The lowest BCUT2D eigenvalue weighted by molar-refractivity contribution is 0.102. The molecule has 0 aliphatic rings. The Morgan fingerprint density at radius 2 is 1.74 bits per heavy atom. The van der Waals surface area contributed by atoms with Crippen LogP contribution in [0.15, 0.2) is 72.9 Å². The molecule has 1 aromatic heterocycles. The fourth-order valence-electron chi connectivity index (χ4n) is 2.33. The minimum atomic E-state index is -0.379. The first-order valence-electron chi connectivity index (χ1n) is 7.30. The molecule has 23 heavy (non-hydrogen) atoms. The van der Waals surface area contributed by atoms with Crippen LogP contribution in [0.1, 0.15) is 21.5 Å². The summed E-state index contributed by atoms with van der Waals surface area (Å²) in [5.41, 5.74) is 2.35. The van der Waals surface area contributed by atoms with Crippen molar-refractivity contribution in [2.45, 2.75) is 6.42 Å². The molecular formula is C19H16N2O2. The Hall–Kier alpha value is -3.14. The third-order valence-electron chi connectivity index (χ3n) is 3.46. The normalized spacial score (nSPS) is 10.3. The molecule has 4 heteroatoms. The zero-order valence-electron chi connectivity index (χ0n) is 12.4. The van der Waals surface area contributed by atoms with Gasteiger partial charge in [-0.15, -0.1) is 0 Å². The van der Waals surface area contributed by atoms with Gasteiger partial charge in [0.15, 0.2) is 0 Å². The number of hydrogen-bond donors (Lipinski definition) is 2. The molecule has 0 aliphatic carbocycles. The number of rotatable bonds is 4. The Labute approximate surface area is 134 Å². The van der Waals surface area contributed by atoms with Crippen LogP contribution in [0.5, 0.6) is 5.75 Å². The minimum Gasteiger partial charge on any atom is -0.507 e. The summed E-state index contributed by atoms with van der Waals surface area (Å²) >= 11 is 0. The predicted octanol–water partition coefficient (Wildman–Crippen LogP) is 3.63. The van der Waals surface area contributed by atoms with Gasteiger partial charge in [0.25, 0.3) is 5.91 Å². The number of phenolic OH excluding ortho intramolecular Hbond substituents is 1. The standard InChI is InChI=1S/C19H16N2O2/c22-17-10-9-15(12-14-6-2-1-3-7-14)13-16(17)19(23)21-18-8-4-5-11-20-18/h1-11,13,22H,12H2,(H,20,21,23). The highest BCUT2D eigenvalue weighted by Crippen LogP contribution is 2.21. The van der Waals surface area contributed by atoms with Crippen molar-refractivity contribution in [3.05, 3.63) is 89.6 Å². The van der Waals surface area contributed by atoms with Crippen LogP contribution in [0.3, 0.4) is 0 Å². The number of anilines is 1. The van der Waals surface area contributed by atoms with Crippen LogP contribution < -0.4 is 5.32 Å². The van der Waals surface area contributed by atoms with E-state index in [2.05, 4.69) is 10.3 Å². The highest BCUT2D eigenvalue weighted by Gasteiger charge is 2.13. The van der Waals surface area contributed by atoms with Gasteiger partial charge >= 0.3 is 0 Å². The average molecular weight is 304 g/mol. The molecule has 1 heterocycles. The predicted molar refractivity (Wildman–Crippen MR) is 89.5 cm³/mol. The number of pyridine rings is 1. The molecule has 3 rings (SSSR count). The fraction of sp³-hybridized carbons (Fsp3) is 0.0526. The van der Waals surface area contributed by atoms with Gasteiger partial charge in [0, 0.05) is 6.20 Å². The fourth-order valence-corrected chi connectivity index (χ4v) is 2.33. The lowest BCUT2D eigenvalue weighted by atomic mass is 10.0. The first kappa shape index (κ1) is 14.8. The maximum atomic E-state index is 12.3. The number of aromatic nitrogens is 1. The van der Waals surface area contributed by atoms with Crippen LogP contribution in [0.25, 0.3) is 0 Å². The number of hydrogen-bond acceptors (Lipinski definition) is 3. The van der Waals surface area contributed by atoms with Crippen molar-refractivity contribution in [3.63, 3.8) is 0 Å². The Morgan fingerprint density at radius 3 is 2.48 bits per heavy atom. The van der Waals surface area contributed by atoms with Gasteiger partial charge in [0.2, 0.25) is 0 Å². The molecular weight excluding hydrogens is 288 g/mol. The third-order valence-corrected chi connectivity index (χ3v) is 3.46. The van der Waals surface area contributed by atoms with E-state index in [4.69, 9.17) is 0 Å². The summed E-state index contributed by atoms with van der Waals surface area (Å²) in [4.78, 5) is 16.4. The minimum absolute atomic E-state index is 0.0461. The number of phenols is 1. The Balaban J connectivity index is 1.81. The Kier molecular flexibility index (Phi) is 4.34. The molecule has 0 radical (unpaired) electrons. The van der Waals surface area contributed by atoms with Crippen molar-refractivity contribution in [1.29, 1.82) is 0 Å². The maximum absolute atomic E-state index is 12.3. The molecule has 4 nitrogen and oxygen atoms in total. The quantitative estimate of drug-likeness (QED) is 0.773. The molecule has 2 N–H and O–H groups in total. The summed E-state index contributed by atoms with van der Waals surface area (Å²) in [7, 11) is 0. The molecule has 0 bridgehead atoms. The largest absolute Gasteiger partial charge is 0.507 e. The van der Waals surface area contributed by atoms with Crippen LogP contribution in [0.4, 0.5) is 5.82 Å². The molecule has 0 aliphatic heterocycles. The van der Waals surface area contributed by atoms with E-state index in [0.717, 1.165) is 11.1 Å². The van der Waals surface area contributed by atoms with E-state index in [1.165, 1.54) is 0 Å². The van der Waals surface area contributed by atoms with E-state index in [1.54, 1.807) is 36.5 Å². The van der Waals surface area contributed by atoms with Crippen molar-refractivity contribution in [3.8, 4) is 5.75 Å². The van der Waals surface area contributed by atoms with Gasteiger partial charge in [0.05, 0.1) is 5.56 Å². The lowest BCUT2D eigenvalue weighted by Crippen LogP contribution is -2.13. The van der Waals surface area contributed by atoms with E-state index < -0.39 is 0 Å². The second-order valence-corrected chi connectivity index (χ2v) is 5.18. The summed E-state index contributed by atoms with van der Waals surface area (Å²) in [6, 6.07) is 20.3. The number of amides is 1. The van der Waals surface area contributed by atoms with Gasteiger partial charge in [-0.1, -0.05) is 42.5 Å². The van der Waals surface area contributed by atoms with E-state index in [9.17, 15) is 9.90 Å². The number of carbonyl (C=O) groups excluding carboxylic acids is 1. The van der Waals surface area contributed by atoms with Crippen molar-refractivity contribution in [2.24, 2.45) is 0 Å². The molecule has 0 unspecified atom stereocenters. The van der Waals surface area contributed by atoms with Gasteiger partial charge in [0.1, 0.15) is 11.6 Å². The Morgan fingerprint density at radius 1 is 0.957 bits per heavy atom. The number of aromatic hydroxyl groups is 1. The summed E-state index contributed by atoms with van der Waals surface area (Å²) in [5, 5.41) is 12.6.